The summed E-state index contributed by atoms with van der Waals surface area (Å²) in [5, 5.41) is 14.2. The summed E-state index contributed by atoms with van der Waals surface area (Å²) in [6.45, 7) is 3.18. The lowest BCUT2D eigenvalue weighted by atomic mass is 10.1. The van der Waals surface area contributed by atoms with Crippen LogP contribution in [0.3, 0.4) is 0 Å². The van der Waals surface area contributed by atoms with Crippen LogP contribution in [-0.4, -0.2) is 15.1 Å². The maximum atomic E-state index is 13.9. The van der Waals surface area contributed by atoms with Gasteiger partial charge in [0.25, 0.3) is 5.89 Å². The van der Waals surface area contributed by atoms with E-state index >= 15 is 0 Å². The SMILES string of the molecule is CC(C)(N)c1noc(-c2cc(F)cc([N+](=O)[O-])c2F)n1. The largest absolute Gasteiger partial charge is 0.334 e. The number of hydrogen-bond acceptors (Lipinski definition) is 6. The van der Waals surface area contributed by atoms with Crippen molar-refractivity contribution in [2.75, 3.05) is 0 Å². The van der Waals surface area contributed by atoms with Crippen LogP contribution in [0.4, 0.5) is 14.5 Å². The lowest BCUT2D eigenvalue weighted by Crippen LogP contribution is -2.30. The Morgan fingerprint density at radius 1 is 1.40 bits per heavy atom. The zero-order chi connectivity index (χ0) is 15.1. The number of nitrogens with zero attached hydrogens (tertiary/aromatic N) is 3. The number of aromatic nitrogens is 2. The molecule has 0 aliphatic rings. The highest BCUT2D eigenvalue weighted by atomic mass is 19.1. The van der Waals surface area contributed by atoms with Gasteiger partial charge in [0.2, 0.25) is 5.82 Å². The monoisotopic (exact) mass is 284 g/mol. The molecule has 1 aromatic carbocycles. The van der Waals surface area contributed by atoms with Crippen molar-refractivity contribution >= 4 is 5.69 Å². The quantitative estimate of drug-likeness (QED) is 0.683. The molecule has 0 bridgehead atoms. The third-order valence-electron chi connectivity index (χ3n) is 2.45. The van der Waals surface area contributed by atoms with Gasteiger partial charge in [-0.25, -0.2) is 4.39 Å². The zero-order valence-corrected chi connectivity index (χ0v) is 10.6. The number of nitro groups is 1. The number of nitrogens with two attached hydrogens (primary N) is 1. The molecule has 1 aromatic heterocycles. The lowest BCUT2D eigenvalue weighted by Gasteiger charge is -2.11. The van der Waals surface area contributed by atoms with E-state index in [1.54, 1.807) is 13.8 Å². The van der Waals surface area contributed by atoms with E-state index in [1.165, 1.54) is 0 Å². The van der Waals surface area contributed by atoms with Gasteiger partial charge in [-0.3, -0.25) is 10.1 Å². The molecule has 2 rings (SSSR count). The van der Waals surface area contributed by atoms with Gasteiger partial charge in [-0.1, -0.05) is 5.16 Å². The van der Waals surface area contributed by atoms with Gasteiger partial charge in [0, 0.05) is 0 Å². The first-order valence-corrected chi connectivity index (χ1v) is 5.47. The molecule has 7 nitrogen and oxygen atoms in total. The van der Waals surface area contributed by atoms with Crippen LogP contribution in [0, 0.1) is 21.7 Å². The highest BCUT2D eigenvalue weighted by molar-refractivity contribution is 5.59. The second-order valence-corrected chi connectivity index (χ2v) is 4.69. The van der Waals surface area contributed by atoms with Crippen molar-refractivity contribution in [1.29, 1.82) is 0 Å². The Kier molecular flexibility index (Phi) is 3.22. The Morgan fingerprint density at radius 2 is 2.05 bits per heavy atom. The first-order chi connectivity index (χ1) is 9.20. The summed E-state index contributed by atoms with van der Waals surface area (Å²) in [6, 6.07) is 1.21. The van der Waals surface area contributed by atoms with Crippen molar-refractivity contribution in [1.82, 2.24) is 10.1 Å². The van der Waals surface area contributed by atoms with E-state index in [1.807, 2.05) is 0 Å². The Morgan fingerprint density at radius 3 is 2.55 bits per heavy atom. The topological polar surface area (TPSA) is 108 Å². The molecule has 1 heterocycles. The van der Waals surface area contributed by atoms with E-state index in [0.29, 0.717) is 6.07 Å². The van der Waals surface area contributed by atoms with Crippen LogP contribution in [0.5, 0.6) is 0 Å². The lowest BCUT2D eigenvalue weighted by molar-refractivity contribution is -0.387. The van der Waals surface area contributed by atoms with Gasteiger partial charge in [0.05, 0.1) is 22.1 Å². The molecule has 0 unspecified atom stereocenters. The molecular weight excluding hydrogens is 274 g/mol. The predicted molar refractivity (Wildman–Crippen MR) is 63.5 cm³/mol. The van der Waals surface area contributed by atoms with Gasteiger partial charge in [-0.05, 0) is 19.9 Å². The number of nitro benzene ring substituents is 1. The molecule has 106 valence electrons. The van der Waals surface area contributed by atoms with Crippen LogP contribution in [0.15, 0.2) is 16.7 Å². The average Bonchev–Trinajstić information content (AvgIpc) is 2.80. The Hall–Kier alpha value is -2.42. The average molecular weight is 284 g/mol. The molecule has 0 saturated carbocycles. The normalized spacial score (nSPS) is 11.7. The zero-order valence-electron chi connectivity index (χ0n) is 10.6. The fraction of sp³-hybridized carbons (Fsp3) is 0.273. The summed E-state index contributed by atoms with van der Waals surface area (Å²) >= 11 is 0. The van der Waals surface area contributed by atoms with Crippen molar-refractivity contribution in [3.05, 3.63) is 39.7 Å². The Balaban J connectivity index is 2.58. The molecule has 20 heavy (non-hydrogen) atoms. The van der Waals surface area contributed by atoms with Gasteiger partial charge in [0.15, 0.2) is 5.82 Å². The van der Waals surface area contributed by atoms with Gasteiger partial charge >= 0.3 is 5.69 Å². The van der Waals surface area contributed by atoms with E-state index < -0.39 is 33.3 Å². The van der Waals surface area contributed by atoms with Crippen molar-refractivity contribution in [3.8, 4) is 11.5 Å². The molecule has 0 amide bonds. The fourth-order valence-corrected chi connectivity index (χ4v) is 1.46. The first-order valence-electron chi connectivity index (χ1n) is 5.47. The van der Waals surface area contributed by atoms with Crippen LogP contribution < -0.4 is 5.73 Å². The van der Waals surface area contributed by atoms with Crippen molar-refractivity contribution in [2.24, 2.45) is 5.73 Å². The second kappa shape index (κ2) is 4.60. The summed E-state index contributed by atoms with van der Waals surface area (Å²) in [5.41, 5.74) is 3.29. The van der Waals surface area contributed by atoms with Gasteiger partial charge in [-0.15, -0.1) is 0 Å². The van der Waals surface area contributed by atoms with E-state index in [-0.39, 0.29) is 11.7 Å². The number of rotatable bonds is 3. The van der Waals surface area contributed by atoms with Crippen LogP contribution in [0.25, 0.3) is 11.5 Å². The second-order valence-electron chi connectivity index (χ2n) is 4.69. The number of halogens is 2. The molecular formula is C11H10F2N4O3. The summed E-state index contributed by atoms with van der Waals surface area (Å²) < 4.78 is 32.0. The molecule has 0 saturated heterocycles. The van der Waals surface area contributed by atoms with Gasteiger partial charge < -0.3 is 10.3 Å². The highest BCUT2D eigenvalue weighted by Gasteiger charge is 2.27. The van der Waals surface area contributed by atoms with Crippen LogP contribution in [0.1, 0.15) is 19.7 Å². The van der Waals surface area contributed by atoms with Crippen molar-refractivity contribution < 1.29 is 18.2 Å². The predicted octanol–water partition coefficient (Wildman–Crippen LogP) is 2.12. The number of hydrogen-bond donors (Lipinski definition) is 1. The molecule has 9 heteroatoms. The summed E-state index contributed by atoms with van der Waals surface area (Å²) in [5.74, 6) is -2.54. The number of benzene rings is 1. The van der Waals surface area contributed by atoms with Gasteiger partial charge in [-0.2, -0.15) is 9.37 Å². The third kappa shape index (κ3) is 2.48. The Labute approximate surface area is 111 Å². The third-order valence-corrected chi connectivity index (χ3v) is 2.45. The van der Waals surface area contributed by atoms with E-state index in [2.05, 4.69) is 10.1 Å². The summed E-state index contributed by atoms with van der Waals surface area (Å²) in [6.07, 6.45) is 0. The highest BCUT2D eigenvalue weighted by Crippen LogP contribution is 2.30. The molecule has 2 aromatic rings. The van der Waals surface area contributed by atoms with E-state index in [0.717, 1.165) is 6.07 Å². The van der Waals surface area contributed by atoms with E-state index in [4.69, 9.17) is 10.3 Å². The molecule has 0 spiro atoms. The first kappa shape index (κ1) is 14.0. The molecule has 0 radical (unpaired) electrons. The van der Waals surface area contributed by atoms with Crippen molar-refractivity contribution in [2.45, 2.75) is 19.4 Å². The summed E-state index contributed by atoms with van der Waals surface area (Å²) in [4.78, 5) is 13.4. The molecule has 0 fully saturated rings. The van der Waals surface area contributed by atoms with E-state index in [9.17, 15) is 18.9 Å². The maximum absolute atomic E-state index is 13.9. The van der Waals surface area contributed by atoms with Gasteiger partial charge in [0.1, 0.15) is 5.82 Å². The molecule has 0 aliphatic heterocycles. The minimum atomic E-state index is -1.25. The maximum Gasteiger partial charge on any atom is 0.308 e. The Bertz CT molecular complexity index is 679. The smallest absolute Gasteiger partial charge is 0.308 e. The van der Waals surface area contributed by atoms with Crippen LogP contribution >= 0.6 is 0 Å². The van der Waals surface area contributed by atoms with Crippen molar-refractivity contribution in [3.63, 3.8) is 0 Å². The fourth-order valence-electron chi connectivity index (χ4n) is 1.46. The standard InChI is InChI=1S/C11H10F2N4O3/c1-11(2,14)10-15-9(20-16-10)6-3-5(12)4-7(8(6)13)17(18)19/h3-4H,14H2,1-2H3. The summed E-state index contributed by atoms with van der Waals surface area (Å²) in [7, 11) is 0. The molecule has 0 atom stereocenters. The molecule has 2 N–H and O–H groups in total. The molecule has 0 aliphatic carbocycles. The minimum Gasteiger partial charge on any atom is -0.334 e. The van der Waals surface area contributed by atoms with Crippen LogP contribution in [-0.2, 0) is 5.54 Å². The minimum absolute atomic E-state index is 0.0683. The van der Waals surface area contributed by atoms with Crippen LogP contribution in [0.2, 0.25) is 0 Å².